The van der Waals surface area contributed by atoms with Gasteiger partial charge < -0.3 is 9.80 Å². The highest BCUT2D eigenvalue weighted by molar-refractivity contribution is 6.05. The van der Waals surface area contributed by atoms with Crippen LogP contribution in [-0.2, 0) is 0 Å². The van der Waals surface area contributed by atoms with Crippen LogP contribution in [0.2, 0.25) is 0 Å². The standard InChI is InChI=1S/C20H28N4O/c1-6-8-12-23(5)20-21-16(4)14-18(22-20)19(25)24(7-2)17-11-9-10-15(3)13-17/h9-11,13-14H,6-8,12H2,1-5H3. The predicted molar refractivity (Wildman–Crippen MR) is 103 cm³/mol. The minimum atomic E-state index is -0.0938. The number of aryl methyl sites for hydroxylation is 2. The lowest BCUT2D eigenvalue weighted by Gasteiger charge is -2.22. The summed E-state index contributed by atoms with van der Waals surface area (Å²) in [7, 11) is 1.97. The summed E-state index contributed by atoms with van der Waals surface area (Å²) >= 11 is 0. The SMILES string of the molecule is CCCCN(C)c1nc(C)cc(C(=O)N(CC)c2cccc(C)c2)n1. The second-order valence-electron chi connectivity index (χ2n) is 6.36. The largest absolute Gasteiger partial charge is 0.344 e. The van der Waals surface area contributed by atoms with Gasteiger partial charge in [0.1, 0.15) is 5.69 Å². The lowest BCUT2D eigenvalue weighted by Crippen LogP contribution is -2.32. The molecule has 2 aromatic rings. The molecule has 25 heavy (non-hydrogen) atoms. The highest BCUT2D eigenvalue weighted by atomic mass is 16.2. The fourth-order valence-corrected chi connectivity index (χ4v) is 2.71. The maximum absolute atomic E-state index is 13.0. The highest BCUT2D eigenvalue weighted by Gasteiger charge is 2.19. The molecule has 1 aromatic heterocycles. The Morgan fingerprint density at radius 3 is 2.52 bits per heavy atom. The van der Waals surface area contributed by atoms with E-state index in [-0.39, 0.29) is 5.91 Å². The zero-order valence-electron chi connectivity index (χ0n) is 15.9. The van der Waals surface area contributed by atoms with Crippen molar-refractivity contribution in [2.75, 3.05) is 29.9 Å². The molecule has 0 fully saturated rings. The molecule has 5 heteroatoms. The maximum Gasteiger partial charge on any atom is 0.277 e. The van der Waals surface area contributed by atoms with Gasteiger partial charge in [0, 0.05) is 31.5 Å². The van der Waals surface area contributed by atoms with Gasteiger partial charge in [-0.1, -0.05) is 25.5 Å². The molecule has 0 aliphatic rings. The quantitative estimate of drug-likeness (QED) is 0.764. The molecule has 2 rings (SSSR count). The van der Waals surface area contributed by atoms with E-state index in [1.807, 2.05) is 57.0 Å². The van der Waals surface area contributed by atoms with Crippen molar-refractivity contribution in [1.82, 2.24) is 9.97 Å². The van der Waals surface area contributed by atoms with Gasteiger partial charge in [-0.2, -0.15) is 0 Å². The number of amides is 1. The number of rotatable bonds is 7. The van der Waals surface area contributed by atoms with Gasteiger partial charge in [-0.25, -0.2) is 9.97 Å². The van der Waals surface area contributed by atoms with Gasteiger partial charge in [-0.3, -0.25) is 4.79 Å². The van der Waals surface area contributed by atoms with E-state index in [1.54, 1.807) is 11.0 Å². The van der Waals surface area contributed by atoms with E-state index in [2.05, 4.69) is 16.9 Å². The first-order valence-corrected chi connectivity index (χ1v) is 8.91. The first-order chi connectivity index (χ1) is 12.0. The number of aromatic nitrogens is 2. The number of hydrogen-bond donors (Lipinski definition) is 0. The number of benzene rings is 1. The second kappa shape index (κ2) is 8.60. The molecule has 0 aliphatic heterocycles. The molecule has 0 atom stereocenters. The first-order valence-electron chi connectivity index (χ1n) is 8.91. The Morgan fingerprint density at radius 1 is 1.12 bits per heavy atom. The highest BCUT2D eigenvalue weighted by Crippen LogP contribution is 2.19. The molecule has 1 amide bonds. The van der Waals surface area contributed by atoms with Gasteiger partial charge in [0.2, 0.25) is 5.95 Å². The summed E-state index contributed by atoms with van der Waals surface area (Å²) in [5.41, 5.74) is 3.26. The number of hydrogen-bond acceptors (Lipinski definition) is 4. The van der Waals surface area contributed by atoms with Crippen molar-refractivity contribution in [3.8, 4) is 0 Å². The zero-order chi connectivity index (χ0) is 18.4. The van der Waals surface area contributed by atoms with Crippen molar-refractivity contribution in [2.24, 2.45) is 0 Å². The van der Waals surface area contributed by atoms with Gasteiger partial charge in [0.15, 0.2) is 0 Å². The van der Waals surface area contributed by atoms with E-state index in [0.29, 0.717) is 18.2 Å². The van der Waals surface area contributed by atoms with Gasteiger partial charge in [0.25, 0.3) is 5.91 Å². The fourth-order valence-electron chi connectivity index (χ4n) is 2.71. The number of carbonyl (C=O) groups excluding carboxylic acids is 1. The van der Waals surface area contributed by atoms with Crippen LogP contribution in [-0.4, -0.2) is 36.0 Å². The summed E-state index contributed by atoms with van der Waals surface area (Å²) in [6, 6.07) is 9.73. The molecule has 0 aliphatic carbocycles. The van der Waals surface area contributed by atoms with Crippen molar-refractivity contribution < 1.29 is 4.79 Å². The molecular weight excluding hydrogens is 312 g/mol. The lowest BCUT2D eigenvalue weighted by molar-refractivity contribution is 0.0983. The van der Waals surface area contributed by atoms with E-state index in [4.69, 9.17) is 0 Å². The zero-order valence-corrected chi connectivity index (χ0v) is 15.9. The van der Waals surface area contributed by atoms with Crippen molar-refractivity contribution >= 4 is 17.5 Å². The van der Waals surface area contributed by atoms with Crippen molar-refractivity contribution in [2.45, 2.75) is 40.5 Å². The van der Waals surface area contributed by atoms with E-state index in [9.17, 15) is 4.79 Å². The van der Waals surface area contributed by atoms with Crippen LogP contribution in [0, 0.1) is 13.8 Å². The first kappa shape index (κ1) is 18.9. The normalized spacial score (nSPS) is 10.6. The summed E-state index contributed by atoms with van der Waals surface area (Å²) in [4.78, 5) is 25.8. The van der Waals surface area contributed by atoms with Gasteiger partial charge in [-0.05, 0) is 51.0 Å². The Morgan fingerprint density at radius 2 is 1.88 bits per heavy atom. The monoisotopic (exact) mass is 340 g/mol. The molecule has 0 unspecified atom stereocenters. The Balaban J connectivity index is 2.32. The third-order valence-electron chi connectivity index (χ3n) is 4.12. The van der Waals surface area contributed by atoms with E-state index >= 15 is 0 Å². The summed E-state index contributed by atoms with van der Waals surface area (Å²) < 4.78 is 0. The molecule has 0 radical (unpaired) electrons. The van der Waals surface area contributed by atoms with Crippen molar-refractivity contribution in [3.05, 3.63) is 47.3 Å². The van der Waals surface area contributed by atoms with Crippen LogP contribution in [0.4, 0.5) is 11.6 Å². The Kier molecular flexibility index (Phi) is 6.51. The average Bonchev–Trinajstić information content (AvgIpc) is 2.59. The van der Waals surface area contributed by atoms with Crippen LogP contribution >= 0.6 is 0 Å². The van der Waals surface area contributed by atoms with E-state index in [0.717, 1.165) is 36.3 Å². The molecule has 134 valence electrons. The Hall–Kier alpha value is -2.43. The average molecular weight is 340 g/mol. The molecule has 0 saturated heterocycles. The molecule has 5 nitrogen and oxygen atoms in total. The molecule has 0 N–H and O–H groups in total. The Bertz CT molecular complexity index is 729. The fraction of sp³-hybridized carbons (Fsp3) is 0.450. The van der Waals surface area contributed by atoms with Crippen LogP contribution in [0.15, 0.2) is 30.3 Å². The summed E-state index contributed by atoms with van der Waals surface area (Å²) in [5.74, 6) is 0.515. The molecule has 0 spiro atoms. The third-order valence-corrected chi connectivity index (χ3v) is 4.12. The van der Waals surface area contributed by atoms with Crippen LogP contribution in [0.1, 0.15) is 48.4 Å². The van der Waals surface area contributed by atoms with Crippen LogP contribution in [0.5, 0.6) is 0 Å². The lowest BCUT2D eigenvalue weighted by atomic mass is 10.2. The number of carbonyl (C=O) groups is 1. The number of unbranched alkanes of at least 4 members (excludes halogenated alkanes) is 1. The van der Waals surface area contributed by atoms with Gasteiger partial charge in [0.05, 0.1) is 0 Å². The number of anilines is 2. The van der Waals surface area contributed by atoms with Gasteiger partial charge >= 0.3 is 0 Å². The maximum atomic E-state index is 13.0. The number of nitrogens with zero attached hydrogens (tertiary/aromatic N) is 4. The minimum Gasteiger partial charge on any atom is -0.344 e. The minimum absolute atomic E-state index is 0.0938. The second-order valence-corrected chi connectivity index (χ2v) is 6.36. The molecule has 1 aromatic carbocycles. The van der Waals surface area contributed by atoms with E-state index in [1.165, 1.54) is 0 Å². The summed E-state index contributed by atoms with van der Waals surface area (Å²) in [6.45, 7) is 9.52. The molecule has 0 bridgehead atoms. The third kappa shape index (κ3) is 4.78. The molecule has 1 heterocycles. The van der Waals surface area contributed by atoms with Crippen LogP contribution in [0.25, 0.3) is 0 Å². The summed E-state index contributed by atoms with van der Waals surface area (Å²) in [5, 5.41) is 0. The van der Waals surface area contributed by atoms with Gasteiger partial charge in [-0.15, -0.1) is 0 Å². The Labute approximate surface area is 150 Å². The van der Waals surface area contributed by atoms with Crippen LogP contribution in [0.3, 0.4) is 0 Å². The van der Waals surface area contributed by atoms with Crippen molar-refractivity contribution in [1.29, 1.82) is 0 Å². The summed E-state index contributed by atoms with van der Waals surface area (Å²) in [6.07, 6.45) is 2.18. The van der Waals surface area contributed by atoms with E-state index < -0.39 is 0 Å². The predicted octanol–water partition coefficient (Wildman–Crippen LogP) is 4.00. The molecular formula is C20H28N4O. The van der Waals surface area contributed by atoms with Crippen LogP contribution < -0.4 is 9.80 Å². The topological polar surface area (TPSA) is 49.3 Å². The smallest absolute Gasteiger partial charge is 0.277 e. The molecule has 0 saturated carbocycles. The van der Waals surface area contributed by atoms with Crippen molar-refractivity contribution in [3.63, 3.8) is 0 Å².